The van der Waals surface area contributed by atoms with Gasteiger partial charge in [0.15, 0.2) is 16.4 Å². The average Bonchev–Trinajstić information content (AvgIpc) is 3.10. The van der Waals surface area contributed by atoms with Gasteiger partial charge in [-0.3, -0.25) is 13.9 Å². The first-order chi connectivity index (χ1) is 14.1. The van der Waals surface area contributed by atoms with E-state index in [4.69, 9.17) is 18.8 Å². The van der Waals surface area contributed by atoms with Crippen molar-refractivity contribution >= 4 is 29.4 Å². The van der Waals surface area contributed by atoms with Crippen molar-refractivity contribution in [2.75, 3.05) is 0 Å². The number of aromatic nitrogens is 5. The molecule has 3 aromatic rings. The molecule has 3 heterocycles. The Morgan fingerprint density at radius 2 is 1.90 bits per heavy atom. The molecule has 0 saturated heterocycles. The Kier molecular flexibility index (Phi) is 5.37. The third kappa shape index (κ3) is 3.53. The average molecular weight is 424 g/mol. The highest BCUT2D eigenvalue weighted by Gasteiger charge is 2.28. The molecule has 11 heteroatoms. The zero-order valence-electron chi connectivity index (χ0n) is 17.2. The minimum Gasteiger partial charge on any atom is -0.493 e. The second-order valence-electron chi connectivity index (χ2n) is 7.56. The van der Waals surface area contributed by atoms with Gasteiger partial charge >= 0.3 is 0 Å². The minimum atomic E-state index is -0.608. The quantitative estimate of drug-likeness (QED) is 0.388. The predicted octanol–water partition coefficient (Wildman–Crippen LogP) is 4.00. The van der Waals surface area contributed by atoms with Crippen LogP contribution in [0.25, 0.3) is 10.7 Å². The van der Waals surface area contributed by atoms with E-state index in [9.17, 15) is 9.90 Å². The van der Waals surface area contributed by atoms with E-state index < -0.39 is 16.9 Å². The molecule has 10 nitrogen and oxygen atoms in total. The highest BCUT2D eigenvalue weighted by molar-refractivity contribution is 7.71. The Morgan fingerprint density at radius 3 is 2.47 bits per heavy atom. The van der Waals surface area contributed by atoms with Gasteiger partial charge in [0.25, 0.3) is 11.2 Å². The van der Waals surface area contributed by atoms with Gasteiger partial charge in [0.2, 0.25) is 11.6 Å². The number of rotatable bonds is 3. The van der Waals surface area contributed by atoms with Gasteiger partial charge in [0, 0.05) is 20.3 Å². The standard InChI is InChI=1S/C19H20N8O2S/c1-19(2,3)14-12(20-4)15(27(24-14)11-9-7-8-10-21-11)23-22-13-16(28)25(5)18(30)26(6)17(13)29/h7-10,28H,1-3,5-6H3. The molecule has 30 heavy (non-hydrogen) atoms. The second kappa shape index (κ2) is 7.64. The Balaban J connectivity index is 2.30. The lowest BCUT2D eigenvalue weighted by molar-refractivity contribution is 0.417. The van der Waals surface area contributed by atoms with Crippen molar-refractivity contribution in [1.29, 1.82) is 0 Å². The summed E-state index contributed by atoms with van der Waals surface area (Å²) in [4.78, 5) is 20.4. The van der Waals surface area contributed by atoms with E-state index in [1.165, 1.54) is 27.9 Å². The van der Waals surface area contributed by atoms with Gasteiger partial charge in [-0.2, -0.15) is 5.10 Å². The van der Waals surface area contributed by atoms with Crippen molar-refractivity contribution in [3.63, 3.8) is 0 Å². The van der Waals surface area contributed by atoms with Crippen LogP contribution in [0.15, 0.2) is 39.4 Å². The van der Waals surface area contributed by atoms with E-state index in [-0.39, 0.29) is 22.0 Å². The summed E-state index contributed by atoms with van der Waals surface area (Å²) in [5, 5.41) is 23.0. The van der Waals surface area contributed by atoms with E-state index in [1.807, 2.05) is 20.8 Å². The molecule has 0 atom stereocenters. The Bertz CT molecular complexity index is 1300. The van der Waals surface area contributed by atoms with Crippen LogP contribution in [0.1, 0.15) is 26.5 Å². The number of pyridine rings is 1. The number of azo groups is 1. The first kappa shape index (κ1) is 21.1. The maximum Gasteiger partial charge on any atom is 0.285 e. The molecule has 0 saturated carbocycles. The number of hydrogen-bond acceptors (Lipinski definition) is 7. The van der Waals surface area contributed by atoms with Gasteiger partial charge in [-0.1, -0.05) is 26.8 Å². The zero-order chi connectivity index (χ0) is 22.2. The van der Waals surface area contributed by atoms with Crippen molar-refractivity contribution in [3.8, 4) is 11.7 Å². The van der Waals surface area contributed by atoms with Crippen molar-refractivity contribution in [2.45, 2.75) is 26.2 Å². The van der Waals surface area contributed by atoms with Gasteiger partial charge in [-0.05, 0) is 29.8 Å². The molecule has 3 aromatic heterocycles. The molecule has 0 aromatic carbocycles. The first-order valence-corrected chi connectivity index (χ1v) is 9.31. The Labute approximate surface area is 177 Å². The molecule has 0 amide bonds. The fourth-order valence-corrected chi connectivity index (χ4v) is 2.91. The SMILES string of the molecule is [C-]#[N+]c1c(C(C)(C)C)nn(-c2ccccn2)c1N=Nc1c(O)n(C)c(=S)n(C)c1=O. The Morgan fingerprint density at radius 1 is 1.20 bits per heavy atom. The summed E-state index contributed by atoms with van der Waals surface area (Å²) < 4.78 is 3.96. The van der Waals surface area contributed by atoms with Crippen molar-refractivity contribution in [2.24, 2.45) is 24.3 Å². The Hall–Kier alpha value is -3.65. The van der Waals surface area contributed by atoms with Gasteiger partial charge in [-0.15, -0.1) is 10.2 Å². The molecule has 0 aliphatic carbocycles. The maximum atomic E-state index is 12.5. The summed E-state index contributed by atoms with van der Waals surface area (Å²) in [5.41, 5.74) is -0.642. The molecular formula is C19H20N8O2S. The van der Waals surface area contributed by atoms with E-state index in [0.29, 0.717) is 11.5 Å². The summed E-state index contributed by atoms with van der Waals surface area (Å²) in [6.45, 7) is 13.4. The van der Waals surface area contributed by atoms with E-state index >= 15 is 0 Å². The highest BCUT2D eigenvalue weighted by Crippen LogP contribution is 2.40. The van der Waals surface area contributed by atoms with E-state index in [0.717, 1.165) is 0 Å². The highest BCUT2D eigenvalue weighted by atomic mass is 32.1. The van der Waals surface area contributed by atoms with Gasteiger partial charge < -0.3 is 5.11 Å². The van der Waals surface area contributed by atoms with Crippen LogP contribution in [0.2, 0.25) is 0 Å². The molecule has 0 radical (unpaired) electrons. The van der Waals surface area contributed by atoms with Crippen LogP contribution in [-0.4, -0.2) is 29.0 Å². The fraction of sp³-hybridized carbons (Fsp3) is 0.316. The van der Waals surface area contributed by atoms with Crippen LogP contribution in [-0.2, 0) is 19.5 Å². The van der Waals surface area contributed by atoms with Crippen molar-refractivity contribution < 1.29 is 5.11 Å². The van der Waals surface area contributed by atoms with Crippen molar-refractivity contribution in [3.05, 3.63) is 56.6 Å². The van der Waals surface area contributed by atoms with Crippen LogP contribution in [0.5, 0.6) is 5.88 Å². The lowest BCUT2D eigenvalue weighted by Gasteiger charge is -2.15. The van der Waals surface area contributed by atoms with Crippen LogP contribution in [0.4, 0.5) is 17.2 Å². The number of nitrogens with zero attached hydrogens (tertiary/aromatic N) is 8. The lowest BCUT2D eigenvalue weighted by Crippen LogP contribution is -2.20. The minimum absolute atomic E-state index is 0.111. The van der Waals surface area contributed by atoms with Crippen LogP contribution in [0, 0.1) is 11.3 Å². The summed E-state index contributed by atoms with van der Waals surface area (Å²) in [5.74, 6) is 0.131. The molecule has 0 aliphatic rings. The molecule has 0 bridgehead atoms. The zero-order valence-corrected chi connectivity index (χ0v) is 18.0. The predicted molar refractivity (Wildman–Crippen MR) is 114 cm³/mol. The smallest absolute Gasteiger partial charge is 0.285 e. The molecule has 0 fully saturated rings. The van der Waals surface area contributed by atoms with E-state index in [1.54, 1.807) is 24.4 Å². The first-order valence-electron chi connectivity index (χ1n) is 8.91. The number of aromatic hydroxyl groups is 1. The molecular weight excluding hydrogens is 404 g/mol. The molecule has 3 rings (SSSR count). The van der Waals surface area contributed by atoms with Crippen molar-refractivity contribution in [1.82, 2.24) is 23.9 Å². The molecule has 1 N–H and O–H groups in total. The molecule has 0 aliphatic heterocycles. The summed E-state index contributed by atoms with van der Waals surface area (Å²) >= 11 is 5.11. The topological polar surface area (TPSA) is 107 Å². The summed E-state index contributed by atoms with van der Waals surface area (Å²) in [6.07, 6.45) is 1.59. The molecule has 154 valence electrons. The third-order valence-corrected chi connectivity index (χ3v) is 4.93. The van der Waals surface area contributed by atoms with Crippen LogP contribution in [0.3, 0.4) is 0 Å². The monoisotopic (exact) mass is 424 g/mol. The summed E-state index contributed by atoms with van der Waals surface area (Å²) in [7, 11) is 2.99. The van der Waals surface area contributed by atoms with E-state index in [2.05, 4.69) is 25.2 Å². The molecule has 0 spiro atoms. The maximum absolute atomic E-state index is 12.5. The normalized spacial score (nSPS) is 11.7. The van der Waals surface area contributed by atoms with Crippen LogP contribution < -0.4 is 5.56 Å². The molecule has 0 unspecified atom stereocenters. The van der Waals surface area contributed by atoms with Crippen LogP contribution >= 0.6 is 12.2 Å². The second-order valence-corrected chi connectivity index (χ2v) is 7.93. The lowest BCUT2D eigenvalue weighted by atomic mass is 9.91. The third-order valence-electron chi connectivity index (χ3n) is 4.38. The largest absolute Gasteiger partial charge is 0.493 e. The fourth-order valence-electron chi connectivity index (χ4n) is 2.74. The van der Waals surface area contributed by atoms with Gasteiger partial charge in [-0.25, -0.2) is 14.5 Å². The van der Waals surface area contributed by atoms with Gasteiger partial charge in [0.05, 0.1) is 12.3 Å². The number of hydrogen-bond donors (Lipinski definition) is 1. The summed E-state index contributed by atoms with van der Waals surface area (Å²) in [6, 6.07) is 5.25. The van der Waals surface area contributed by atoms with Gasteiger partial charge in [0.1, 0.15) is 0 Å².